The molecule has 0 fully saturated rings. The zero-order valence-corrected chi connectivity index (χ0v) is 16.3. The van der Waals surface area contributed by atoms with E-state index in [-0.39, 0.29) is 18.4 Å². The monoisotopic (exact) mass is 392 g/mol. The SMILES string of the molecule is Cc1ccc(OCC(=O)Nc2ccc3c(c2)N(C(=O)c2cccs2)CC3)cc1. The Morgan fingerprint density at radius 3 is 2.71 bits per heavy atom. The molecule has 0 aliphatic carbocycles. The van der Waals surface area contributed by atoms with Crippen LogP contribution in [0, 0.1) is 6.92 Å². The molecule has 3 aromatic rings. The summed E-state index contributed by atoms with van der Waals surface area (Å²) >= 11 is 1.44. The number of nitrogens with one attached hydrogen (secondary N) is 1. The van der Waals surface area contributed by atoms with Crippen LogP contribution in [0.25, 0.3) is 0 Å². The minimum Gasteiger partial charge on any atom is -0.484 e. The van der Waals surface area contributed by atoms with Gasteiger partial charge >= 0.3 is 0 Å². The number of nitrogens with zero attached hydrogens (tertiary/aromatic N) is 1. The molecule has 1 aliphatic rings. The van der Waals surface area contributed by atoms with E-state index in [4.69, 9.17) is 4.74 Å². The van der Waals surface area contributed by atoms with E-state index in [1.54, 1.807) is 4.90 Å². The summed E-state index contributed by atoms with van der Waals surface area (Å²) in [6, 6.07) is 16.9. The molecule has 2 amide bonds. The first kappa shape index (κ1) is 18.3. The lowest BCUT2D eigenvalue weighted by Crippen LogP contribution is -2.28. The Labute approximate surface area is 167 Å². The van der Waals surface area contributed by atoms with Crippen molar-refractivity contribution in [2.45, 2.75) is 13.3 Å². The molecule has 0 bridgehead atoms. The number of fused-ring (bicyclic) bond motifs is 1. The standard InChI is InChI=1S/C22H20N2O3S/c1-15-4-8-18(9-5-15)27-14-21(25)23-17-7-6-16-10-11-24(19(16)13-17)22(26)20-3-2-12-28-20/h2-9,12-13H,10-11,14H2,1H3,(H,23,25). The maximum absolute atomic E-state index is 12.7. The normalized spacial score (nSPS) is 12.5. The number of hydrogen-bond donors (Lipinski definition) is 1. The van der Waals surface area contributed by atoms with Crippen LogP contribution in [0.2, 0.25) is 0 Å². The highest BCUT2D eigenvalue weighted by Gasteiger charge is 2.26. The Bertz CT molecular complexity index is 997. The number of anilines is 2. The van der Waals surface area contributed by atoms with E-state index < -0.39 is 0 Å². The summed E-state index contributed by atoms with van der Waals surface area (Å²) in [7, 11) is 0. The molecule has 0 atom stereocenters. The molecule has 1 aromatic heterocycles. The first-order valence-electron chi connectivity index (χ1n) is 9.08. The number of hydrogen-bond acceptors (Lipinski definition) is 4. The summed E-state index contributed by atoms with van der Waals surface area (Å²) in [4.78, 5) is 27.5. The van der Waals surface area contributed by atoms with Gasteiger partial charge in [0.2, 0.25) is 0 Å². The number of carbonyl (C=O) groups excluding carboxylic acids is 2. The number of ether oxygens (including phenoxy) is 1. The van der Waals surface area contributed by atoms with Crippen molar-refractivity contribution in [3.63, 3.8) is 0 Å². The summed E-state index contributed by atoms with van der Waals surface area (Å²) in [5.74, 6) is 0.414. The fourth-order valence-electron chi connectivity index (χ4n) is 3.18. The second-order valence-corrected chi connectivity index (χ2v) is 7.63. The van der Waals surface area contributed by atoms with Crippen LogP contribution < -0.4 is 15.0 Å². The van der Waals surface area contributed by atoms with E-state index in [0.717, 1.165) is 23.2 Å². The van der Waals surface area contributed by atoms with Gasteiger partial charge in [0.25, 0.3) is 11.8 Å². The molecule has 28 heavy (non-hydrogen) atoms. The molecule has 4 rings (SSSR count). The second-order valence-electron chi connectivity index (χ2n) is 6.68. The van der Waals surface area contributed by atoms with Gasteiger partial charge in [0.05, 0.1) is 4.88 Å². The average Bonchev–Trinajstić information content (AvgIpc) is 3.37. The van der Waals surface area contributed by atoms with E-state index in [9.17, 15) is 9.59 Å². The van der Waals surface area contributed by atoms with Gasteiger partial charge in [-0.15, -0.1) is 11.3 Å². The van der Waals surface area contributed by atoms with Gasteiger partial charge < -0.3 is 15.0 Å². The van der Waals surface area contributed by atoms with Crippen LogP contribution in [-0.4, -0.2) is 25.0 Å². The highest BCUT2D eigenvalue weighted by Crippen LogP contribution is 2.32. The van der Waals surface area contributed by atoms with E-state index >= 15 is 0 Å². The van der Waals surface area contributed by atoms with E-state index in [1.165, 1.54) is 11.3 Å². The molecule has 1 aliphatic heterocycles. The van der Waals surface area contributed by atoms with Crippen molar-refractivity contribution in [3.8, 4) is 5.75 Å². The third-order valence-corrected chi connectivity index (χ3v) is 5.49. The summed E-state index contributed by atoms with van der Waals surface area (Å²) in [6.45, 7) is 2.58. The molecule has 2 aromatic carbocycles. The first-order chi connectivity index (χ1) is 13.6. The summed E-state index contributed by atoms with van der Waals surface area (Å²) in [6.07, 6.45) is 0.817. The van der Waals surface area contributed by atoms with Crippen LogP contribution in [0.5, 0.6) is 5.75 Å². The van der Waals surface area contributed by atoms with Crippen LogP contribution >= 0.6 is 11.3 Å². The molecule has 0 saturated carbocycles. The number of thiophene rings is 1. The quantitative estimate of drug-likeness (QED) is 0.705. The van der Waals surface area contributed by atoms with Gasteiger partial charge in [-0.1, -0.05) is 29.8 Å². The number of rotatable bonds is 5. The van der Waals surface area contributed by atoms with Crippen molar-refractivity contribution in [2.24, 2.45) is 0 Å². The summed E-state index contributed by atoms with van der Waals surface area (Å²) in [5, 5.41) is 4.75. The smallest absolute Gasteiger partial charge is 0.268 e. The Morgan fingerprint density at radius 2 is 1.96 bits per heavy atom. The molecule has 2 heterocycles. The minimum absolute atomic E-state index is 0.0000640. The molecule has 142 valence electrons. The Morgan fingerprint density at radius 1 is 1.14 bits per heavy atom. The maximum Gasteiger partial charge on any atom is 0.268 e. The van der Waals surface area contributed by atoms with Crippen molar-refractivity contribution in [1.82, 2.24) is 0 Å². The molecule has 0 radical (unpaired) electrons. The Kier molecular flexibility index (Phi) is 5.12. The van der Waals surface area contributed by atoms with E-state index in [0.29, 0.717) is 22.9 Å². The second kappa shape index (κ2) is 7.86. The van der Waals surface area contributed by atoms with Crippen molar-refractivity contribution in [3.05, 3.63) is 76.0 Å². The van der Waals surface area contributed by atoms with Crippen LogP contribution in [-0.2, 0) is 11.2 Å². The molecule has 1 N–H and O–H groups in total. The van der Waals surface area contributed by atoms with E-state index in [2.05, 4.69) is 5.32 Å². The van der Waals surface area contributed by atoms with Crippen molar-refractivity contribution < 1.29 is 14.3 Å². The highest BCUT2D eigenvalue weighted by atomic mass is 32.1. The minimum atomic E-state index is -0.241. The van der Waals surface area contributed by atoms with Gasteiger partial charge in [0.1, 0.15) is 5.75 Å². The topological polar surface area (TPSA) is 58.6 Å². The zero-order valence-electron chi connectivity index (χ0n) is 15.5. The van der Waals surface area contributed by atoms with Crippen LogP contribution in [0.3, 0.4) is 0 Å². The maximum atomic E-state index is 12.7. The number of aryl methyl sites for hydroxylation is 1. The largest absolute Gasteiger partial charge is 0.484 e. The molecular formula is C22H20N2O3S. The lowest BCUT2D eigenvalue weighted by Gasteiger charge is -2.17. The Hall–Kier alpha value is -3.12. The third-order valence-electron chi connectivity index (χ3n) is 4.63. The van der Waals surface area contributed by atoms with E-state index in [1.807, 2.05) is 66.9 Å². The zero-order chi connectivity index (χ0) is 19.5. The molecular weight excluding hydrogens is 372 g/mol. The van der Waals surface area contributed by atoms with Crippen molar-refractivity contribution >= 4 is 34.5 Å². The van der Waals surface area contributed by atoms with Crippen molar-refractivity contribution in [2.75, 3.05) is 23.4 Å². The number of benzene rings is 2. The highest BCUT2D eigenvalue weighted by molar-refractivity contribution is 7.12. The van der Waals surface area contributed by atoms with Gasteiger partial charge in [-0.25, -0.2) is 0 Å². The fourth-order valence-corrected chi connectivity index (χ4v) is 3.85. The predicted octanol–water partition coefficient (Wildman–Crippen LogP) is 4.28. The lowest BCUT2D eigenvalue weighted by atomic mass is 10.1. The fraction of sp³-hybridized carbons (Fsp3) is 0.182. The number of amides is 2. The first-order valence-corrected chi connectivity index (χ1v) is 9.96. The Balaban J connectivity index is 1.42. The van der Waals surface area contributed by atoms with Gasteiger partial charge in [-0.2, -0.15) is 0 Å². The molecule has 0 saturated heterocycles. The van der Waals surface area contributed by atoms with Crippen LogP contribution in [0.1, 0.15) is 20.8 Å². The molecule has 0 spiro atoms. The third kappa shape index (κ3) is 3.92. The predicted molar refractivity (Wildman–Crippen MR) is 111 cm³/mol. The van der Waals surface area contributed by atoms with Gasteiger partial charge in [0, 0.05) is 17.9 Å². The van der Waals surface area contributed by atoms with Gasteiger partial charge in [0.15, 0.2) is 6.61 Å². The van der Waals surface area contributed by atoms with Gasteiger partial charge in [-0.3, -0.25) is 9.59 Å². The number of carbonyl (C=O) groups is 2. The molecule has 5 nitrogen and oxygen atoms in total. The van der Waals surface area contributed by atoms with Gasteiger partial charge in [-0.05, 0) is 54.6 Å². The molecule has 0 unspecified atom stereocenters. The average molecular weight is 392 g/mol. The lowest BCUT2D eigenvalue weighted by molar-refractivity contribution is -0.118. The van der Waals surface area contributed by atoms with Crippen LogP contribution in [0.15, 0.2) is 60.0 Å². The van der Waals surface area contributed by atoms with Crippen molar-refractivity contribution in [1.29, 1.82) is 0 Å². The molecule has 6 heteroatoms. The summed E-state index contributed by atoms with van der Waals surface area (Å²) in [5.41, 5.74) is 3.76. The van der Waals surface area contributed by atoms with Crippen LogP contribution in [0.4, 0.5) is 11.4 Å². The summed E-state index contributed by atoms with van der Waals surface area (Å²) < 4.78 is 5.52.